The SMILES string of the molecule is C=CCOc1ccc(C2/C(=C(\O)c3ccccc3)C(=O)C(=O)N2c2nc3ccc(OC)cc3s2)cc1. The number of rotatable bonds is 7. The number of hydrogen-bond acceptors (Lipinski definition) is 7. The van der Waals surface area contributed by atoms with E-state index in [-0.39, 0.29) is 11.3 Å². The van der Waals surface area contributed by atoms with Gasteiger partial charge < -0.3 is 14.6 Å². The predicted molar refractivity (Wildman–Crippen MR) is 140 cm³/mol. The third kappa shape index (κ3) is 4.12. The molecule has 2 heterocycles. The van der Waals surface area contributed by atoms with E-state index in [1.807, 2.05) is 12.1 Å². The minimum Gasteiger partial charge on any atom is -0.507 e. The summed E-state index contributed by atoms with van der Waals surface area (Å²) in [5.74, 6) is -0.488. The molecule has 5 rings (SSSR count). The fourth-order valence-corrected chi connectivity index (χ4v) is 5.14. The van der Waals surface area contributed by atoms with E-state index in [0.29, 0.717) is 39.9 Å². The maximum Gasteiger partial charge on any atom is 0.301 e. The van der Waals surface area contributed by atoms with Crippen LogP contribution in [0.4, 0.5) is 5.13 Å². The predicted octanol–water partition coefficient (Wildman–Crippen LogP) is 5.50. The van der Waals surface area contributed by atoms with Gasteiger partial charge in [-0.05, 0) is 35.9 Å². The quantitative estimate of drug-likeness (QED) is 0.157. The van der Waals surface area contributed by atoms with Crippen molar-refractivity contribution in [3.63, 3.8) is 0 Å². The van der Waals surface area contributed by atoms with Crippen LogP contribution in [0.15, 0.2) is 91.0 Å². The fourth-order valence-electron chi connectivity index (χ4n) is 4.12. The van der Waals surface area contributed by atoms with Crippen LogP contribution in [0.3, 0.4) is 0 Å². The molecule has 0 spiro atoms. The molecule has 0 bridgehead atoms. The first-order chi connectivity index (χ1) is 17.5. The molecular formula is C28H22N2O5S. The number of amides is 1. The molecule has 1 atom stereocenters. The zero-order chi connectivity index (χ0) is 25.2. The first-order valence-electron chi connectivity index (χ1n) is 11.2. The van der Waals surface area contributed by atoms with Crippen molar-refractivity contribution in [3.05, 3.63) is 102 Å². The van der Waals surface area contributed by atoms with Gasteiger partial charge in [0, 0.05) is 5.56 Å². The molecule has 4 aromatic rings. The molecule has 1 aliphatic rings. The molecule has 0 radical (unpaired) electrons. The summed E-state index contributed by atoms with van der Waals surface area (Å²) in [6, 6.07) is 20.3. The molecule has 1 aromatic heterocycles. The molecule has 0 aliphatic carbocycles. The number of benzene rings is 3. The largest absolute Gasteiger partial charge is 0.507 e. The van der Waals surface area contributed by atoms with Crippen molar-refractivity contribution in [2.75, 3.05) is 18.6 Å². The number of anilines is 1. The highest BCUT2D eigenvalue weighted by Crippen LogP contribution is 2.44. The van der Waals surface area contributed by atoms with Crippen LogP contribution in [0.25, 0.3) is 16.0 Å². The first kappa shape index (κ1) is 23.3. The van der Waals surface area contributed by atoms with Crippen LogP contribution in [0.5, 0.6) is 11.5 Å². The maximum atomic E-state index is 13.4. The van der Waals surface area contributed by atoms with Crippen LogP contribution in [-0.2, 0) is 9.59 Å². The molecule has 7 nitrogen and oxygen atoms in total. The highest BCUT2D eigenvalue weighted by molar-refractivity contribution is 7.22. The number of fused-ring (bicyclic) bond motifs is 1. The molecule has 1 N–H and O–H groups in total. The number of nitrogens with zero attached hydrogens (tertiary/aromatic N) is 2. The Balaban J connectivity index is 1.67. The van der Waals surface area contributed by atoms with Crippen LogP contribution in [0.1, 0.15) is 17.2 Å². The number of carbonyl (C=O) groups is 2. The third-order valence-corrected chi connectivity index (χ3v) is 6.86. The fraction of sp³-hybridized carbons (Fsp3) is 0.107. The monoisotopic (exact) mass is 498 g/mol. The van der Waals surface area contributed by atoms with Crippen molar-refractivity contribution in [2.45, 2.75) is 6.04 Å². The van der Waals surface area contributed by atoms with Crippen molar-refractivity contribution in [2.24, 2.45) is 0 Å². The van der Waals surface area contributed by atoms with Gasteiger partial charge in [0.15, 0.2) is 5.13 Å². The summed E-state index contributed by atoms with van der Waals surface area (Å²) >= 11 is 1.27. The summed E-state index contributed by atoms with van der Waals surface area (Å²) in [5, 5.41) is 11.5. The van der Waals surface area contributed by atoms with E-state index in [0.717, 1.165) is 4.70 Å². The second-order valence-corrected chi connectivity index (χ2v) is 9.04. The molecule has 1 fully saturated rings. The number of aromatic nitrogens is 1. The van der Waals surface area contributed by atoms with Gasteiger partial charge in [0.25, 0.3) is 5.78 Å². The molecule has 8 heteroatoms. The summed E-state index contributed by atoms with van der Waals surface area (Å²) in [7, 11) is 1.58. The first-order valence-corrected chi connectivity index (χ1v) is 12.0. The molecule has 1 amide bonds. The zero-order valence-electron chi connectivity index (χ0n) is 19.4. The number of methoxy groups -OCH3 is 1. The van der Waals surface area contributed by atoms with Gasteiger partial charge in [-0.15, -0.1) is 0 Å². The Morgan fingerprint density at radius 1 is 1.08 bits per heavy atom. The normalized spacial score (nSPS) is 16.9. The number of hydrogen-bond donors (Lipinski definition) is 1. The number of aliphatic hydroxyl groups is 1. The van der Waals surface area contributed by atoms with Crippen LogP contribution >= 0.6 is 11.3 Å². The number of aliphatic hydroxyl groups excluding tert-OH is 1. The second-order valence-electron chi connectivity index (χ2n) is 8.03. The van der Waals surface area contributed by atoms with Crippen LogP contribution < -0.4 is 14.4 Å². The molecule has 3 aromatic carbocycles. The number of ether oxygens (including phenoxy) is 2. The van der Waals surface area contributed by atoms with Crippen molar-refractivity contribution in [1.82, 2.24) is 4.98 Å². The minimum absolute atomic E-state index is 0.00259. The Morgan fingerprint density at radius 3 is 2.50 bits per heavy atom. The van der Waals surface area contributed by atoms with E-state index in [1.54, 1.807) is 73.8 Å². The van der Waals surface area contributed by atoms with Gasteiger partial charge in [0.05, 0.1) is 28.9 Å². The lowest BCUT2D eigenvalue weighted by Gasteiger charge is -2.23. The summed E-state index contributed by atoms with van der Waals surface area (Å²) in [5.41, 5.74) is 1.76. The van der Waals surface area contributed by atoms with Crippen molar-refractivity contribution in [3.8, 4) is 11.5 Å². The van der Waals surface area contributed by atoms with E-state index >= 15 is 0 Å². The van der Waals surface area contributed by atoms with Gasteiger partial charge in [-0.3, -0.25) is 14.5 Å². The lowest BCUT2D eigenvalue weighted by Crippen LogP contribution is -2.29. The van der Waals surface area contributed by atoms with E-state index in [2.05, 4.69) is 11.6 Å². The molecular weight excluding hydrogens is 476 g/mol. The smallest absolute Gasteiger partial charge is 0.301 e. The van der Waals surface area contributed by atoms with Gasteiger partial charge >= 0.3 is 5.91 Å². The summed E-state index contributed by atoms with van der Waals surface area (Å²) in [6.07, 6.45) is 1.64. The highest BCUT2D eigenvalue weighted by atomic mass is 32.1. The average Bonchev–Trinajstić information content (AvgIpc) is 3.45. The van der Waals surface area contributed by atoms with Crippen LogP contribution in [0, 0.1) is 0 Å². The van der Waals surface area contributed by atoms with E-state index < -0.39 is 17.7 Å². The van der Waals surface area contributed by atoms with Crippen molar-refractivity contribution >= 4 is 44.1 Å². The lowest BCUT2D eigenvalue weighted by atomic mass is 9.95. The Hall–Kier alpha value is -4.43. The number of Topliss-reactive ketones (excluding diaryl/α,β-unsaturated/α-hetero) is 1. The number of thiazole rings is 1. The van der Waals surface area contributed by atoms with Crippen LogP contribution in [-0.4, -0.2) is 35.5 Å². The Labute approximate surface area is 211 Å². The molecule has 1 saturated heterocycles. The van der Waals surface area contributed by atoms with E-state index in [4.69, 9.17) is 9.47 Å². The number of ketones is 1. The lowest BCUT2D eigenvalue weighted by molar-refractivity contribution is -0.132. The van der Waals surface area contributed by atoms with Crippen molar-refractivity contribution in [1.29, 1.82) is 0 Å². The zero-order valence-corrected chi connectivity index (χ0v) is 20.2. The van der Waals surface area contributed by atoms with Gasteiger partial charge in [-0.25, -0.2) is 4.98 Å². The molecule has 1 aliphatic heterocycles. The van der Waals surface area contributed by atoms with Gasteiger partial charge in [-0.1, -0.05) is 66.5 Å². The highest BCUT2D eigenvalue weighted by Gasteiger charge is 2.48. The average molecular weight is 499 g/mol. The minimum atomic E-state index is -0.874. The molecule has 1 unspecified atom stereocenters. The summed E-state index contributed by atoms with van der Waals surface area (Å²) in [6.45, 7) is 4.00. The van der Waals surface area contributed by atoms with Crippen LogP contribution in [0.2, 0.25) is 0 Å². The standard InChI is InChI=1S/C28H22N2O5S/c1-3-15-35-19-11-9-17(10-12-19)24-23(25(31)18-7-5-4-6-8-18)26(32)27(33)30(24)28-29-21-14-13-20(34-2)16-22(21)36-28/h3-14,16,24,31H,1,15H2,2H3/b25-23+. The summed E-state index contributed by atoms with van der Waals surface area (Å²) in [4.78, 5) is 32.7. The van der Waals surface area contributed by atoms with Gasteiger partial charge in [-0.2, -0.15) is 0 Å². The Kier molecular flexibility index (Phi) is 6.26. The van der Waals surface area contributed by atoms with Gasteiger partial charge in [0.1, 0.15) is 23.9 Å². The third-order valence-electron chi connectivity index (χ3n) is 5.85. The topological polar surface area (TPSA) is 89.0 Å². The Morgan fingerprint density at radius 2 is 1.81 bits per heavy atom. The van der Waals surface area contributed by atoms with Gasteiger partial charge in [0.2, 0.25) is 0 Å². The second kappa shape index (κ2) is 9.67. The van der Waals surface area contributed by atoms with Crippen molar-refractivity contribution < 1.29 is 24.2 Å². The number of carbonyl (C=O) groups excluding carboxylic acids is 2. The Bertz CT molecular complexity index is 1490. The maximum absolute atomic E-state index is 13.4. The molecule has 36 heavy (non-hydrogen) atoms. The van der Waals surface area contributed by atoms with E-state index in [9.17, 15) is 14.7 Å². The van der Waals surface area contributed by atoms with E-state index in [1.165, 1.54) is 16.2 Å². The molecule has 180 valence electrons. The summed E-state index contributed by atoms with van der Waals surface area (Å²) < 4.78 is 11.7. The molecule has 0 saturated carbocycles.